The van der Waals surface area contributed by atoms with Gasteiger partial charge in [0.25, 0.3) is 5.91 Å². The van der Waals surface area contributed by atoms with Gasteiger partial charge in [-0.3, -0.25) is 4.79 Å². The van der Waals surface area contributed by atoms with Gasteiger partial charge in [-0.15, -0.1) is 11.3 Å². The van der Waals surface area contributed by atoms with E-state index < -0.39 is 5.97 Å². The van der Waals surface area contributed by atoms with Gasteiger partial charge in [0, 0.05) is 12.6 Å². The van der Waals surface area contributed by atoms with Crippen LogP contribution in [0.5, 0.6) is 0 Å². The number of rotatable bonds is 4. The number of hydrogen-bond acceptors (Lipinski definition) is 4. The molecule has 6 heteroatoms. The van der Waals surface area contributed by atoms with Crippen molar-refractivity contribution in [1.82, 2.24) is 4.90 Å². The highest BCUT2D eigenvalue weighted by Gasteiger charge is 2.30. The molecule has 1 unspecified atom stereocenters. The summed E-state index contributed by atoms with van der Waals surface area (Å²) in [6, 6.07) is 1.60. The molecule has 1 fully saturated rings. The van der Waals surface area contributed by atoms with E-state index >= 15 is 0 Å². The Bertz CT molecular complexity index is 508. The van der Waals surface area contributed by atoms with E-state index in [-0.39, 0.29) is 18.6 Å². The molecule has 2 rings (SSSR count). The molecular formula is C13H15NO4S. The maximum atomic E-state index is 12.4. The summed E-state index contributed by atoms with van der Waals surface area (Å²) in [5.74, 6) is -1.17. The van der Waals surface area contributed by atoms with Gasteiger partial charge in [0.2, 0.25) is 0 Å². The van der Waals surface area contributed by atoms with Crippen LogP contribution < -0.4 is 0 Å². The Kier molecular flexibility index (Phi) is 4.34. The molecule has 0 aromatic carbocycles. The van der Waals surface area contributed by atoms with Crippen molar-refractivity contribution in [2.75, 3.05) is 13.2 Å². The Labute approximate surface area is 114 Å². The number of carboxylic acid groups (broad SMARTS) is 1. The van der Waals surface area contributed by atoms with Crippen molar-refractivity contribution in [3.8, 4) is 0 Å². The summed E-state index contributed by atoms with van der Waals surface area (Å²) in [6.45, 7) is 0.613. The first kappa shape index (κ1) is 13.8. The molecule has 2 heterocycles. The highest BCUT2D eigenvalue weighted by molar-refractivity contribution is 7.12. The van der Waals surface area contributed by atoms with E-state index in [0.717, 1.165) is 18.9 Å². The van der Waals surface area contributed by atoms with Gasteiger partial charge in [-0.1, -0.05) is 0 Å². The van der Waals surface area contributed by atoms with E-state index in [1.54, 1.807) is 16.3 Å². The summed E-state index contributed by atoms with van der Waals surface area (Å²) < 4.78 is 0. The number of amides is 1. The Hall–Kier alpha value is -1.66. The van der Waals surface area contributed by atoms with E-state index in [2.05, 4.69) is 0 Å². The average molecular weight is 281 g/mol. The number of carbonyl (C=O) groups excluding carboxylic acids is 1. The topological polar surface area (TPSA) is 77.8 Å². The molecule has 102 valence electrons. The predicted octanol–water partition coefficient (Wildman–Crippen LogP) is 1.44. The van der Waals surface area contributed by atoms with Gasteiger partial charge in [-0.2, -0.15) is 0 Å². The SMILES string of the molecule is O=C(O)/C=C/c1ccsc1C(=O)N1CCCC1CO. The molecule has 0 saturated carbocycles. The van der Waals surface area contributed by atoms with Crippen LogP contribution in [0.1, 0.15) is 28.1 Å². The van der Waals surface area contributed by atoms with Crippen LogP contribution in [0.2, 0.25) is 0 Å². The Morgan fingerprint density at radius 3 is 3.00 bits per heavy atom. The average Bonchev–Trinajstić information content (AvgIpc) is 3.03. The normalized spacial score (nSPS) is 19.2. The van der Waals surface area contributed by atoms with Gasteiger partial charge in [0.05, 0.1) is 17.5 Å². The van der Waals surface area contributed by atoms with Crippen LogP contribution in [0.3, 0.4) is 0 Å². The smallest absolute Gasteiger partial charge is 0.328 e. The number of hydrogen-bond donors (Lipinski definition) is 2. The zero-order chi connectivity index (χ0) is 13.8. The number of thiophene rings is 1. The lowest BCUT2D eigenvalue weighted by atomic mass is 10.2. The lowest BCUT2D eigenvalue weighted by molar-refractivity contribution is -0.131. The molecule has 1 aromatic rings. The summed E-state index contributed by atoms with van der Waals surface area (Å²) in [5, 5.41) is 19.6. The third-order valence-corrected chi connectivity index (χ3v) is 4.06. The molecule has 0 bridgehead atoms. The van der Waals surface area contributed by atoms with Crippen molar-refractivity contribution in [2.45, 2.75) is 18.9 Å². The molecule has 1 aromatic heterocycles. The zero-order valence-corrected chi connectivity index (χ0v) is 11.1. The Morgan fingerprint density at radius 2 is 2.32 bits per heavy atom. The molecule has 1 atom stereocenters. The molecule has 19 heavy (non-hydrogen) atoms. The van der Waals surface area contributed by atoms with Gasteiger partial charge in [0.1, 0.15) is 0 Å². The molecule has 0 spiro atoms. The highest BCUT2D eigenvalue weighted by Crippen LogP contribution is 2.25. The van der Waals surface area contributed by atoms with E-state index in [1.165, 1.54) is 17.4 Å². The molecule has 1 aliphatic rings. The third-order valence-electron chi connectivity index (χ3n) is 3.14. The Balaban J connectivity index is 2.20. The monoisotopic (exact) mass is 281 g/mol. The predicted molar refractivity (Wildman–Crippen MR) is 72.1 cm³/mol. The standard InChI is InChI=1S/C13H15NO4S/c15-8-10-2-1-6-14(10)13(18)12-9(5-7-19-12)3-4-11(16)17/h3-5,7,10,15H,1-2,6,8H2,(H,16,17)/b4-3+. The van der Waals surface area contributed by atoms with Crippen LogP contribution in [0.15, 0.2) is 17.5 Å². The number of likely N-dealkylation sites (tertiary alicyclic amines) is 1. The maximum Gasteiger partial charge on any atom is 0.328 e. The first-order chi connectivity index (χ1) is 9.13. The quantitative estimate of drug-likeness (QED) is 0.819. The summed E-state index contributed by atoms with van der Waals surface area (Å²) in [5.41, 5.74) is 0.612. The van der Waals surface area contributed by atoms with Gasteiger partial charge in [-0.05, 0) is 35.9 Å². The van der Waals surface area contributed by atoms with Crippen molar-refractivity contribution in [3.63, 3.8) is 0 Å². The largest absolute Gasteiger partial charge is 0.478 e. The van der Waals surface area contributed by atoms with Crippen LogP contribution in [0.4, 0.5) is 0 Å². The van der Waals surface area contributed by atoms with Crippen molar-refractivity contribution in [3.05, 3.63) is 28.0 Å². The minimum atomic E-state index is -1.04. The first-order valence-electron chi connectivity index (χ1n) is 6.04. The van der Waals surface area contributed by atoms with Crippen LogP contribution in [-0.2, 0) is 4.79 Å². The van der Waals surface area contributed by atoms with Crippen LogP contribution in [0.25, 0.3) is 6.08 Å². The maximum absolute atomic E-state index is 12.4. The fourth-order valence-corrected chi connectivity index (χ4v) is 3.05. The van der Waals surface area contributed by atoms with Crippen molar-refractivity contribution in [1.29, 1.82) is 0 Å². The van der Waals surface area contributed by atoms with Gasteiger partial charge < -0.3 is 15.1 Å². The molecule has 1 saturated heterocycles. The minimum Gasteiger partial charge on any atom is -0.478 e. The van der Waals surface area contributed by atoms with Crippen molar-refractivity contribution in [2.24, 2.45) is 0 Å². The van der Waals surface area contributed by atoms with E-state index in [9.17, 15) is 14.7 Å². The van der Waals surface area contributed by atoms with Crippen LogP contribution in [0, 0.1) is 0 Å². The number of aliphatic hydroxyl groups is 1. The number of carboxylic acids is 1. The van der Waals surface area contributed by atoms with Crippen molar-refractivity contribution >= 4 is 29.3 Å². The molecular weight excluding hydrogens is 266 g/mol. The second-order valence-electron chi connectivity index (χ2n) is 4.35. The summed E-state index contributed by atoms with van der Waals surface area (Å²) in [4.78, 5) is 25.1. The lowest BCUT2D eigenvalue weighted by Crippen LogP contribution is -2.37. The molecule has 1 amide bonds. The number of carbonyl (C=O) groups is 2. The zero-order valence-electron chi connectivity index (χ0n) is 10.3. The number of aliphatic hydroxyl groups excluding tert-OH is 1. The molecule has 0 aliphatic carbocycles. The van der Waals surface area contributed by atoms with E-state index in [4.69, 9.17) is 5.11 Å². The summed E-state index contributed by atoms with van der Waals surface area (Å²) in [6.07, 6.45) is 4.15. The lowest BCUT2D eigenvalue weighted by Gasteiger charge is -2.22. The second-order valence-corrected chi connectivity index (χ2v) is 5.27. The highest BCUT2D eigenvalue weighted by atomic mass is 32.1. The Morgan fingerprint density at radius 1 is 1.53 bits per heavy atom. The molecule has 2 N–H and O–H groups in total. The van der Waals surface area contributed by atoms with Gasteiger partial charge in [0.15, 0.2) is 0 Å². The number of nitrogens with zero attached hydrogens (tertiary/aromatic N) is 1. The molecule has 1 aliphatic heterocycles. The van der Waals surface area contributed by atoms with Crippen molar-refractivity contribution < 1.29 is 19.8 Å². The van der Waals surface area contributed by atoms with E-state index in [0.29, 0.717) is 17.0 Å². The second kappa shape index (κ2) is 5.99. The van der Waals surface area contributed by atoms with Crippen LogP contribution in [-0.4, -0.2) is 46.2 Å². The van der Waals surface area contributed by atoms with E-state index in [1.807, 2.05) is 0 Å². The minimum absolute atomic E-state index is 0.0303. The molecule has 5 nitrogen and oxygen atoms in total. The van der Waals surface area contributed by atoms with Crippen LogP contribution >= 0.6 is 11.3 Å². The number of aliphatic carboxylic acids is 1. The first-order valence-corrected chi connectivity index (χ1v) is 6.91. The molecule has 0 radical (unpaired) electrons. The third kappa shape index (κ3) is 3.02. The summed E-state index contributed by atoms with van der Waals surface area (Å²) >= 11 is 1.29. The van der Waals surface area contributed by atoms with Gasteiger partial charge >= 0.3 is 5.97 Å². The van der Waals surface area contributed by atoms with Gasteiger partial charge in [-0.25, -0.2) is 4.79 Å². The fourth-order valence-electron chi connectivity index (χ4n) is 2.21. The summed E-state index contributed by atoms with van der Waals surface area (Å²) in [7, 11) is 0. The fraction of sp³-hybridized carbons (Fsp3) is 0.385.